The first kappa shape index (κ1) is 11.6. The average Bonchev–Trinajstić information content (AvgIpc) is 2.10. The molecule has 0 saturated heterocycles. The predicted octanol–water partition coefficient (Wildman–Crippen LogP) is 3.55. The second-order valence-electron chi connectivity index (χ2n) is 3.22. The van der Waals surface area contributed by atoms with Crippen molar-refractivity contribution in [3.63, 3.8) is 0 Å². The molecule has 3 heteroatoms. The van der Waals surface area contributed by atoms with Crippen LogP contribution in [0.15, 0.2) is 23.1 Å². The van der Waals surface area contributed by atoms with Gasteiger partial charge >= 0.3 is 0 Å². The first-order chi connectivity index (χ1) is 6.59. The summed E-state index contributed by atoms with van der Waals surface area (Å²) in [4.78, 5) is 11.8. The van der Waals surface area contributed by atoms with E-state index >= 15 is 0 Å². The van der Waals surface area contributed by atoms with Crippen molar-refractivity contribution in [1.29, 1.82) is 0 Å². The maximum atomic E-state index is 10.5. The highest BCUT2D eigenvalue weighted by Crippen LogP contribution is 2.24. The minimum atomic E-state index is -0.261. The molecule has 0 radical (unpaired) electrons. The van der Waals surface area contributed by atoms with Gasteiger partial charge in [0.1, 0.15) is 0 Å². The minimum absolute atomic E-state index is 0.261. The molecule has 0 amide bonds. The van der Waals surface area contributed by atoms with E-state index in [-0.39, 0.29) is 5.24 Å². The molecule has 0 aliphatic heterocycles. The van der Waals surface area contributed by atoms with Crippen molar-refractivity contribution in [2.45, 2.75) is 25.2 Å². The lowest BCUT2D eigenvalue weighted by Crippen LogP contribution is -1.90. The van der Waals surface area contributed by atoms with E-state index in [4.69, 9.17) is 11.6 Å². The SMILES string of the molecule is Cc1ccc(C)c(SCCC(=O)Cl)c1. The number of halogens is 1. The molecular formula is C11H13ClOS. The standard InChI is InChI=1S/C11H13ClOS/c1-8-3-4-9(2)10(7-8)14-6-5-11(12)13/h3-4,7H,5-6H2,1-2H3. The van der Waals surface area contributed by atoms with Gasteiger partial charge in [-0.15, -0.1) is 11.8 Å². The molecule has 1 rings (SSSR count). The number of aryl methyl sites for hydroxylation is 2. The molecule has 0 heterocycles. The van der Waals surface area contributed by atoms with Crippen LogP contribution in [-0.2, 0) is 4.79 Å². The molecule has 1 aromatic rings. The van der Waals surface area contributed by atoms with Gasteiger partial charge in [-0.2, -0.15) is 0 Å². The van der Waals surface area contributed by atoms with Gasteiger partial charge in [0.15, 0.2) is 0 Å². The largest absolute Gasteiger partial charge is 0.281 e. The summed E-state index contributed by atoms with van der Waals surface area (Å²) in [6, 6.07) is 6.32. The lowest BCUT2D eigenvalue weighted by atomic mass is 10.2. The summed E-state index contributed by atoms with van der Waals surface area (Å²) in [7, 11) is 0. The first-order valence-corrected chi connectivity index (χ1v) is 5.84. The number of thioether (sulfide) groups is 1. The highest BCUT2D eigenvalue weighted by Gasteiger charge is 2.01. The van der Waals surface area contributed by atoms with Crippen molar-refractivity contribution in [2.24, 2.45) is 0 Å². The third kappa shape index (κ3) is 3.72. The molecule has 0 atom stereocenters. The van der Waals surface area contributed by atoms with Crippen molar-refractivity contribution in [1.82, 2.24) is 0 Å². The maximum absolute atomic E-state index is 10.5. The van der Waals surface area contributed by atoms with E-state index in [1.807, 2.05) is 0 Å². The van der Waals surface area contributed by atoms with Crippen LogP contribution in [0.5, 0.6) is 0 Å². The predicted molar refractivity (Wildman–Crippen MR) is 62.1 cm³/mol. The number of hydrogen-bond acceptors (Lipinski definition) is 2. The fourth-order valence-electron chi connectivity index (χ4n) is 1.10. The number of carbonyl (C=O) groups excluding carboxylic acids is 1. The van der Waals surface area contributed by atoms with E-state index < -0.39 is 0 Å². The zero-order valence-corrected chi connectivity index (χ0v) is 9.91. The van der Waals surface area contributed by atoms with Crippen LogP contribution >= 0.6 is 23.4 Å². The van der Waals surface area contributed by atoms with Crippen molar-refractivity contribution in [3.05, 3.63) is 29.3 Å². The van der Waals surface area contributed by atoms with Crippen LogP contribution in [0.1, 0.15) is 17.5 Å². The molecule has 0 bridgehead atoms. The van der Waals surface area contributed by atoms with Crippen LogP contribution in [0.3, 0.4) is 0 Å². The van der Waals surface area contributed by atoms with Crippen LogP contribution in [0.25, 0.3) is 0 Å². The van der Waals surface area contributed by atoms with Crippen LogP contribution < -0.4 is 0 Å². The zero-order valence-electron chi connectivity index (χ0n) is 8.34. The van der Waals surface area contributed by atoms with Gasteiger partial charge in [0.2, 0.25) is 5.24 Å². The Labute approximate surface area is 93.8 Å². The maximum Gasteiger partial charge on any atom is 0.222 e. The van der Waals surface area contributed by atoms with Crippen molar-refractivity contribution >= 4 is 28.6 Å². The Morgan fingerprint density at radius 3 is 2.79 bits per heavy atom. The van der Waals surface area contributed by atoms with Crippen molar-refractivity contribution < 1.29 is 4.79 Å². The topological polar surface area (TPSA) is 17.1 Å². The van der Waals surface area contributed by atoms with Crippen LogP contribution in [-0.4, -0.2) is 11.0 Å². The Bertz CT molecular complexity index is 336. The Morgan fingerprint density at radius 2 is 2.14 bits per heavy atom. The van der Waals surface area contributed by atoms with Crippen molar-refractivity contribution in [3.8, 4) is 0 Å². The number of hydrogen-bond donors (Lipinski definition) is 0. The molecule has 14 heavy (non-hydrogen) atoms. The second-order valence-corrected chi connectivity index (χ2v) is 4.78. The molecule has 0 saturated carbocycles. The lowest BCUT2D eigenvalue weighted by Gasteiger charge is -2.05. The van der Waals surface area contributed by atoms with Gasteiger partial charge in [0.25, 0.3) is 0 Å². The fourth-order valence-corrected chi connectivity index (χ4v) is 2.38. The van der Waals surface area contributed by atoms with E-state index in [2.05, 4.69) is 32.0 Å². The van der Waals surface area contributed by atoms with Crippen LogP contribution in [0.4, 0.5) is 0 Å². The van der Waals surface area contributed by atoms with E-state index in [0.717, 1.165) is 5.75 Å². The summed E-state index contributed by atoms with van der Waals surface area (Å²) in [6.07, 6.45) is 0.430. The summed E-state index contributed by atoms with van der Waals surface area (Å²) < 4.78 is 0. The van der Waals surface area contributed by atoms with E-state index in [1.54, 1.807) is 11.8 Å². The van der Waals surface area contributed by atoms with Gasteiger partial charge in [0.05, 0.1) is 0 Å². The quantitative estimate of drug-likeness (QED) is 0.579. The summed E-state index contributed by atoms with van der Waals surface area (Å²) in [5.74, 6) is 0.757. The Morgan fingerprint density at radius 1 is 1.43 bits per heavy atom. The van der Waals surface area contributed by atoms with Gasteiger partial charge < -0.3 is 0 Å². The van der Waals surface area contributed by atoms with Gasteiger partial charge in [-0.1, -0.05) is 17.7 Å². The molecule has 0 unspecified atom stereocenters. The third-order valence-corrected chi connectivity index (χ3v) is 3.25. The summed E-state index contributed by atoms with van der Waals surface area (Å²) >= 11 is 6.95. The van der Waals surface area contributed by atoms with Gasteiger partial charge in [-0.05, 0) is 37.1 Å². The number of benzene rings is 1. The van der Waals surface area contributed by atoms with Gasteiger partial charge in [-0.25, -0.2) is 0 Å². The molecule has 0 aromatic heterocycles. The third-order valence-electron chi connectivity index (χ3n) is 1.90. The summed E-state index contributed by atoms with van der Waals surface area (Å²) in [5.41, 5.74) is 2.50. The summed E-state index contributed by atoms with van der Waals surface area (Å²) in [5, 5.41) is -0.261. The van der Waals surface area contributed by atoms with Gasteiger partial charge in [-0.3, -0.25) is 4.79 Å². The van der Waals surface area contributed by atoms with Crippen LogP contribution in [0, 0.1) is 13.8 Å². The molecule has 76 valence electrons. The average molecular weight is 229 g/mol. The molecule has 0 aliphatic carbocycles. The van der Waals surface area contributed by atoms with E-state index in [9.17, 15) is 4.79 Å². The molecule has 1 aromatic carbocycles. The number of rotatable bonds is 4. The monoisotopic (exact) mass is 228 g/mol. The highest BCUT2D eigenvalue weighted by atomic mass is 35.5. The Balaban J connectivity index is 2.57. The second kappa shape index (κ2) is 5.42. The fraction of sp³-hybridized carbons (Fsp3) is 0.364. The lowest BCUT2D eigenvalue weighted by molar-refractivity contribution is -0.111. The minimum Gasteiger partial charge on any atom is -0.281 e. The normalized spacial score (nSPS) is 10.2. The first-order valence-electron chi connectivity index (χ1n) is 4.48. The molecule has 1 nitrogen and oxygen atoms in total. The Hall–Kier alpha value is -0.470. The van der Waals surface area contributed by atoms with Crippen molar-refractivity contribution in [2.75, 3.05) is 5.75 Å². The summed E-state index contributed by atoms with van der Waals surface area (Å²) in [6.45, 7) is 4.14. The molecule has 0 aliphatic rings. The van der Waals surface area contributed by atoms with Crippen LogP contribution in [0.2, 0.25) is 0 Å². The molecular weight excluding hydrogens is 216 g/mol. The smallest absolute Gasteiger partial charge is 0.222 e. The zero-order chi connectivity index (χ0) is 10.6. The highest BCUT2D eigenvalue weighted by molar-refractivity contribution is 7.99. The molecule has 0 spiro atoms. The van der Waals surface area contributed by atoms with Gasteiger partial charge in [0, 0.05) is 17.1 Å². The Kier molecular flexibility index (Phi) is 4.49. The molecule has 0 N–H and O–H groups in total. The number of carbonyl (C=O) groups is 1. The van der Waals surface area contributed by atoms with E-state index in [0.29, 0.717) is 6.42 Å². The molecule has 0 fully saturated rings. The van der Waals surface area contributed by atoms with E-state index in [1.165, 1.54) is 16.0 Å².